The van der Waals surface area contributed by atoms with E-state index in [1.54, 1.807) is 43.3 Å². The lowest BCUT2D eigenvalue weighted by molar-refractivity contribution is 0.370. The van der Waals surface area contributed by atoms with E-state index in [9.17, 15) is 9.59 Å². The lowest BCUT2D eigenvalue weighted by Crippen LogP contribution is -2.39. The summed E-state index contributed by atoms with van der Waals surface area (Å²) in [6.07, 6.45) is 0. The van der Waals surface area contributed by atoms with E-state index in [2.05, 4.69) is 11.8 Å². The molecule has 2 aromatic rings. The molecule has 0 aliphatic rings. The molecule has 1 aromatic carbocycles. The lowest BCUT2D eigenvalue weighted by atomic mass is 10.3. The van der Waals surface area contributed by atoms with Gasteiger partial charge in [-0.15, -0.1) is 0 Å². The van der Waals surface area contributed by atoms with E-state index >= 15 is 0 Å². The maximum absolute atomic E-state index is 11.9. The van der Waals surface area contributed by atoms with Crippen LogP contribution >= 0.6 is 11.6 Å². The maximum atomic E-state index is 11.9. The number of hydrogen-bond donors (Lipinski definition) is 0. The van der Waals surface area contributed by atoms with Crippen LogP contribution in [0.1, 0.15) is 0 Å². The Kier molecular flexibility index (Phi) is 5.72. The highest BCUT2D eigenvalue weighted by Crippen LogP contribution is 2.15. The molecule has 0 fully saturated rings. The minimum atomic E-state index is -0.372. The third kappa shape index (κ3) is 4.21. The van der Waals surface area contributed by atoms with Crippen molar-refractivity contribution in [3.05, 3.63) is 56.2 Å². The summed E-state index contributed by atoms with van der Waals surface area (Å²) >= 11 is 5.80. The molecule has 2 rings (SSSR count). The maximum Gasteiger partial charge on any atom is 0.332 e. The van der Waals surface area contributed by atoms with E-state index in [4.69, 9.17) is 16.3 Å². The number of hydrogen-bond acceptors (Lipinski definition) is 4. The Morgan fingerprint density at radius 1 is 1.12 bits per heavy atom. The van der Waals surface area contributed by atoms with Gasteiger partial charge in [0.25, 0.3) is 5.56 Å². The number of nitrogens with zero attached hydrogens (tertiary/aromatic N) is 3. The van der Waals surface area contributed by atoms with Gasteiger partial charge in [0.15, 0.2) is 0 Å². The molecule has 0 aliphatic carbocycles. The average molecular weight is 348 g/mol. The van der Waals surface area contributed by atoms with Gasteiger partial charge >= 0.3 is 5.69 Å². The topological polar surface area (TPSA) is 56.5 Å². The van der Waals surface area contributed by atoms with Crippen molar-refractivity contribution in [2.75, 3.05) is 25.1 Å². The highest BCUT2D eigenvalue weighted by atomic mass is 35.5. The molecule has 0 aliphatic heterocycles. The average Bonchev–Trinajstić information content (AvgIpc) is 2.57. The fourth-order valence-corrected chi connectivity index (χ4v) is 2.17. The molecule has 6 nitrogen and oxygen atoms in total. The summed E-state index contributed by atoms with van der Waals surface area (Å²) in [6, 6.07) is 8.44. The normalized spacial score (nSPS) is 10.0. The van der Waals surface area contributed by atoms with Crippen molar-refractivity contribution in [2.45, 2.75) is 0 Å². The van der Waals surface area contributed by atoms with Gasteiger partial charge in [-0.2, -0.15) is 0 Å². The van der Waals surface area contributed by atoms with Crippen molar-refractivity contribution in [3.8, 4) is 17.6 Å². The molecule has 0 unspecified atom stereocenters. The van der Waals surface area contributed by atoms with Crippen LogP contribution < -0.4 is 20.9 Å². The Morgan fingerprint density at radius 2 is 1.79 bits per heavy atom. The SMILES string of the molecule is CN(CC#CCOc1ccc(Cl)cc1)c1cc(=O)n(C)c(=O)n1C. The second kappa shape index (κ2) is 7.75. The number of benzene rings is 1. The Morgan fingerprint density at radius 3 is 2.46 bits per heavy atom. The predicted molar refractivity (Wildman–Crippen MR) is 94.9 cm³/mol. The van der Waals surface area contributed by atoms with Crippen LogP contribution in [-0.2, 0) is 14.1 Å². The third-order valence-corrected chi connectivity index (χ3v) is 3.71. The molecule has 1 aromatic heterocycles. The molecule has 126 valence electrons. The van der Waals surface area contributed by atoms with Gasteiger partial charge < -0.3 is 9.64 Å². The minimum Gasteiger partial charge on any atom is -0.481 e. The molecule has 0 N–H and O–H groups in total. The lowest BCUT2D eigenvalue weighted by Gasteiger charge is -2.19. The van der Waals surface area contributed by atoms with Crippen molar-refractivity contribution >= 4 is 17.4 Å². The summed E-state index contributed by atoms with van der Waals surface area (Å²) in [5, 5.41) is 0.648. The van der Waals surface area contributed by atoms with Crippen molar-refractivity contribution in [1.29, 1.82) is 0 Å². The van der Waals surface area contributed by atoms with Crippen LogP contribution in [0.4, 0.5) is 5.82 Å². The second-order valence-corrected chi connectivity index (χ2v) is 5.63. The minimum absolute atomic E-state index is 0.241. The van der Waals surface area contributed by atoms with Gasteiger partial charge in [-0.05, 0) is 24.3 Å². The van der Waals surface area contributed by atoms with Crippen LogP contribution in [0.5, 0.6) is 5.75 Å². The number of halogens is 1. The largest absolute Gasteiger partial charge is 0.481 e. The van der Waals surface area contributed by atoms with Gasteiger partial charge in [-0.1, -0.05) is 23.4 Å². The molecule has 0 radical (unpaired) electrons. The summed E-state index contributed by atoms with van der Waals surface area (Å²) in [5.41, 5.74) is -0.720. The van der Waals surface area contributed by atoms with E-state index < -0.39 is 0 Å². The first-order valence-electron chi connectivity index (χ1n) is 7.22. The highest BCUT2D eigenvalue weighted by molar-refractivity contribution is 6.30. The zero-order valence-corrected chi connectivity index (χ0v) is 14.5. The van der Waals surface area contributed by atoms with Crippen molar-refractivity contribution in [2.24, 2.45) is 14.1 Å². The summed E-state index contributed by atoms with van der Waals surface area (Å²) in [6.45, 7) is 0.607. The van der Waals surface area contributed by atoms with Gasteiger partial charge in [0, 0.05) is 32.2 Å². The first kappa shape index (κ1) is 17.7. The first-order valence-corrected chi connectivity index (χ1v) is 7.60. The molecule has 0 atom stereocenters. The van der Waals surface area contributed by atoms with Gasteiger partial charge in [-0.25, -0.2) is 4.79 Å². The quantitative estimate of drug-likeness (QED) is 0.781. The van der Waals surface area contributed by atoms with Gasteiger partial charge in [0.1, 0.15) is 18.2 Å². The zero-order valence-electron chi connectivity index (χ0n) is 13.7. The number of ether oxygens (including phenoxy) is 1. The summed E-state index contributed by atoms with van der Waals surface area (Å²) in [4.78, 5) is 25.4. The number of anilines is 1. The first-order chi connectivity index (χ1) is 11.4. The Labute approximate surface area is 144 Å². The van der Waals surface area contributed by atoms with E-state index in [0.717, 1.165) is 4.57 Å². The fourth-order valence-electron chi connectivity index (χ4n) is 2.04. The molecular weight excluding hydrogens is 330 g/mol. The molecule has 0 saturated carbocycles. The molecule has 1 heterocycles. The van der Waals surface area contributed by atoms with Crippen LogP contribution in [0, 0.1) is 11.8 Å². The molecule has 0 amide bonds. The van der Waals surface area contributed by atoms with Crippen LogP contribution in [0.25, 0.3) is 0 Å². The van der Waals surface area contributed by atoms with E-state index in [-0.39, 0.29) is 17.9 Å². The zero-order chi connectivity index (χ0) is 17.7. The molecule has 7 heteroatoms. The summed E-state index contributed by atoms with van der Waals surface area (Å²) < 4.78 is 7.94. The summed E-state index contributed by atoms with van der Waals surface area (Å²) in [7, 11) is 4.83. The molecule has 0 saturated heterocycles. The van der Waals surface area contributed by atoms with Crippen molar-refractivity contribution in [1.82, 2.24) is 9.13 Å². The van der Waals surface area contributed by atoms with Gasteiger partial charge in [0.05, 0.1) is 6.54 Å². The van der Waals surface area contributed by atoms with Gasteiger partial charge in [-0.3, -0.25) is 13.9 Å². The van der Waals surface area contributed by atoms with Crippen molar-refractivity contribution < 1.29 is 4.74 Å². The number of rotatable bonds is 4. The van der Waals surface area contributed by atoms with Crippen molar-refractivity contribution in [3.63, 3.8) is 0 Å². The molecule has 0 spiro atoms. The predicted octanol–water partition coefficient (Wildman–Crippen LogP) is 1.26. The van der Waals surface area contributed by atoms with E-state index in [0.29, 0.717) is 23.1 Å². The smallest absolute Gasteiger partial charge is 0.332 e. The summed E-state index contributed by atoms with van der Waals surface area (Å²) in [5.74, 6) is 7.04. The van der Waals surface area contributed by atoms with Crippen LogP contribution in [0.2, 0.25) is 5.02 Å². The monoisotopic (exact) mass is 347 g/mol. The standard InChI is InChI=1S/C17H18ClN3O3/c1-19(15-12-16(22)21(3)17(23)20(15)2)10-4-5-11-24-14-8-6-13(18)7-9-14/h6-9,12H,10-11H2,1-3H3. The Balaban J connectivity index is 1.97. The van der Waals surface area contributed by atoms with Gasteiger partial charge in [0.2, 0.25) is 0 Å². The fraction of sp³-hybridized carbons (Fsp3) is 0.294. The Hall–Kier alpha value is -2.65. The second-order valence-electron chi connectivity index (χ2n) is 5.19. The van der Waals surface area contributed by atoms with E-state index in [1.165, 1.54) is 17.7 Å². The van der Waals surface area contributed by atoms with Crippen LogP contribution in [0.3, 0.4) is 0 Å². The van der Waals surface area contributed by atoms with Crippen LogP contribution in [-0.4, -0.2) is 29.3 Å². The molecule has 0 bridgehead atoms. The Bertz CT molecular complexity index is 889. The third-order valence-electron chi connectivity index (χ3n) is 3.46. The molecular formula is C17H18ClN3O3. The highest BCUT2D eigenvalue weighted by Gasteiger charge is 2.08. The van der Waals surface area contributed by atoms with Crippen LogP contribution in [0.15, 0.2) is 39.9 Å². The molecule has 24 heavy (non-hydrogen) atoms. The van der Waals surface area contributed by atoms with E-state index in [1.807, 2.05) is 0 Å². The number of aromatic nitrogens is 2.